The molecular formula is C19H20ClN3O4S. The first-order valence-electron chi connectivity index (χ1n) is 8.66. The van der Waals surface area contributed by atoms with Crippen LogP contribution in [0, 0.1) is 0 Å². The molecule has 1 aliphatic heterocycles. The van der Waals surface area contributed by atoms with Gasteiger partial charge in [-0.3, -0.25) is 4.79 Å². The van der Waals surface area contributed by atoms with Crippen LogP contribution in [0.3, 0.4) is 0 Å². The number of benzene rings is 2. The zero-order chi connectivity index (χ0) is 20.1. The van der Waals surface area contributed by atoms with Crippen molar-refractivity contribution in [1.29, 1.82) is 0 Å². The third-order valence-electron chi connectivity index (χ3n) is 4.43. The van der Waals surface area contributed by atoms with Crippen molar-refractivity contribution < 1.29 is 17.9 Å². The van der Waals surface area contributed by atoms with Crippen LogP contribution in [0.15, 0.2) is 58.5 Å². The monoisotopic (exact) mass is 421 g/mol. The summed E-state index contributed by atoms with van der Waals surface area (Å²) in [6.07, 6.45) is 2.54. The molecule has 1 heterocycles. The lowest BCUT2D eigenvalue weighted by atomic mass is 10.2. The van der Waals surface area contributed by atoms with E-state index >= 15 is 0 Å². The number of methoxy groups -OCH3 is 1. The summed E-state index contributed by atoms with van der Waals surface area (Å²) >= 11 is 5.83. The fraction of sp³-hybridized carbons (Fsp3) is 0.263. The number of ether oxygens (including phenoxy) is 1. The molecule has 28 heavy (non-hydrogen) atoms. The summed E-state index contributed by atoms with van der Waals surface area (Å²) in [5, 5.41) is 4.38. The minimum Gasteiger partial charge on any atom is -0.497 e. The molecule has 1 atom stereocenters. The molecule has 0 spiro atoms. The predicted molar refractivity (Wildman–Crippen MR) is 107 cm³/mol. The van der Waals surface area contributed by atoms with Crippen molar-refractivity contribution in [3.05, 3.63) is 59.1 Å². The van der Waals surface area contributed by atoms with E-state index in [1.54, 1.807) is 31.4 Å². The van der Waals surface area contributed by atoms with E-state index in [4.69, 9.17) is 16.3 Å². The Balaban J connectivity index is 1.68. The molecule has 0 aromatic heterocycles. The molecule has 2 aromatic rings. The first-order valence-corrected chi connectivity index (χ1v) is 10.5. The molecule has 2 aromatic carbocycles. The topological polar surface area (TPSA) is 88.1 Å². The number of carbonyl (C=O) groups excluding carboxylic acids is 1. The Hall–Kier alpha value is -2.42. The summed E-state index contributed by atoms with van der Waals surface area (Å²) in [4.78, 5) is 12.6. The van der Waals surface area contributed by atoms with E-state index in [1.807, 2.05) is 0 Å². The van der Waals surface area contributed by atoms with Crippen LogP contribution in [0.25, 0.3) is 0 Å². The van der Waals surface area contributed by atoms with Gasteiger partial charge in [-0.2, -0.15) is 9.41 Å². The Kier molecular flexibility index (Phi) is 6.33. The highest BCUT2D eigenvalue weighted by Crippen LogP contribution is 2.27. The second-order valence-corrected chi connectivity index (χ2v) is 8.56. The number of rotatable bonds is 6. The molecule has 148 valence electrons. The molecule has 0 radical (unpaired) electrons. The number of nitrogens with one attached hydrogen (secondary N) is 1. The number of hydrazone groups is 1. The maximum atomic E-state index is 12.9. The maximum Gasteiger partial charge on any atom is 0.258 e. The average Bonchev–Trinajstić information content (AvgIpc) is 3.20. The van der Waals surface area contributed by atoms with Crippen LogP contribution in [0.4, 0.5) is 0 Å². The lowest BCUT2D eigenvalue weighted by Gasteiger charge is -2.22. The summed E-state index contributed by atoms with van der Waals surface area (Å²) in [5.41, 5.74) is 3.21. The predicted octanol–water partition coefficient (Wildman–Crippen LogP) is 2.65. The van der Waals surface area contributed by atoms with Gasteiger partial charge in [-0.1, -0.05) is 11.6 Å². The van der Waals surface area contributed by atoms with Crippen molar-refractivity contribution in [2.24, 2.45) is 5.10 Å². The molecule has 1 amide bonds. The number of nitrogens with zero attached hydrogens (tertiary/aromatic N) is 2. The van der Waals surface area contributed by atoms with Gasteiger partial charge in [0.05, 0.1) is 18.2 Å². The average molecular weight is 422 g/mol. The van der Waals surface area contributed by atoms with Gasteiger partial charge in [0.2, 0.25) is 10.0 Å². The number of carbonyl (C=O) groups is 1. The van der Waals surface area contributed by atoms with Gasteiger partial charge >= 0.3 is 0 Å². The number of sulfonamides is 1. The smallest absolute Gasteiger partial charge is 0.258 e. The van der Waals surface area contributed by atoms with Crippen LogP contribution < -0.4 is 10.2 Å². The van der Waals surface area contributed by atoms with E-state index < -0.39 is 22.0 Å². The number of hydrogen-bond acceptors (Lipinski definition) is 5. The minimum absolute atomic E-state index is 0.110. The fourth-order valence-electron chi connectivity index (χ4n) is 2.97. The second kappa shape index (κ2) is 8.72. The van der Waals surface area contributed by atoms with Gasteiger partial charge < -0.3 is 4.74 Å². The maximum absolute atomic E-state index is 12.9. The SMILES string of the molecule is COc1ccc(/C=N\NC(=O)[C@H]2CCCN2S(=O)(=O)c2ccc(Cl)cc2)cc1. The Morgan fingerprint density at radius 1 is 1.21 bits per heavy atom. The molecule has 1 aliphatic rings. The lowest BCUT2D eigenvalue weighted by Crippen LogP contribution is -2.44. The fourth-order valence-corrected chi connectivity index (χ4v) is 4.75. The quantitative estimate of drug-likeness (QED) is 0.573. The molecule has 1 saturated heterocycles. The molecule has 0 aliphatic carbocycles. The zero-order valence-electron chi connectivity index (χ0n) is 15.2. The highest BCUT2D eigenvalue weighted by molar-refractivity contribution is 7.89. The van der Waals surface area contributed by atoms with Crippen molar-refractivity contribution in [2.75, 3.05) is 13.7 Å². The minimum atomic E-state index is -3.79. The van der Waals surface area contributed by atoms with Crippen molar-refractivity contribution >= 4 is 33.7 Å². The third kappa shape index (κ3) is 4.52. The van der Waals surface area contributed by atoms with Gasteiger partial charge in [0.25, 0.3) is 5.91 Å². The standard InChI is InChI=1S/C19H20ClN3O4S/c1-27-16-8-4-14(5-9-16)13-21-22-19(24)18-3-2-12-23(18)28(25,26)17-10-6-15(20)7-11-17/h4-11,13,18H,2-3,12H2,1H3,(H,22,24)/b21-13-/t18-/m1/s1. The van der Waals surface area contributed by atoms with Gasteiger partial charge in [-0.25, -0.2) is 13.8 Å². The number of hydrogen-bond donors (Lipinski definition) is 1. The van der Waals surface area contributed by atoms with Crippen molar-refractivity contribution in [2.45, 2.75) is 23.8 Å². The van der Waals surface area contributed by atoms with Crippen molar-refractivity contribution in [3.63, 3.8) is 0 Å². The molecule has 9 heteroatoms. The van der Waals surface area contributed by atoms with E-state index in [1.165, 1.54) is 34.8 Å². The highest BCUT2D eigenvalue weighted by Gasteiger charge is 2.39. The number of amides is 1. The normalized spacial score (nSPS) is 17.7. The highest BCUT2D eigenvalue weighted by atomic mass is 35.5. The first kappa shape index (κ1) is 20.3. The van der Waals surface area contributed by atoms with Gasteiger partial charge in [0, 0.05) is 11.6 Å². The molecule has 0 saturated carbocycles. The molecule has 0 bridgehead atoms. The van der Waals surface area contributed by atoms with Crippen molar-refractivity contribution in [3.8, 4) is 5.75 Å². The zero-order valence-corrected chi connectivity index (χ0v) is 16.8. The molecule has 3 rings (SSSR count). The van der Waals surface area contributed by atoms with E-state index in [9.17, 15) is 13.2 Å². The first-order chi connectivity index (χ1) is 13.4. The molecule has 1 fully saturated rings. The molecule has 0 unspecified atom stereocenters. The second-order valence-electron chi connectivity index (χ2n) is 6.24. The largest absolute Gasteiger partial charge is 0.497 e. The Morgan fingerprint density at radius 3 is 2.54 bits per heavy atom. The Morgan fingerprint density at radius 2 is 1.89 bits per heavy atom. The van der Waals surface area contributed by atoms with Crippen LogP contribution in [-0.4, -0.2) is 44.5 Å². The van der Waals surface area contributed by atoms with Crippen LogP contribution in [0.1, 0.15) is 18.4 Å². The Bertz CT molecular complexity index is 960. The van der Waals surface area contributed by atoms with E-state index in [2.05, 4.69) is 10.5 Å². The van der Waals surface area contributed by atoms with Gasteiger partial charge in [-0.15, -0.1) is 0 Å². The van der Waals surface area contributed by atoms with Gasteiger partial charge in [0.1, 0.15) is 11.8 Å². The third-order valence-corrected chi connectivity index (χ3v) is 6.61. The Labute approximate surface area is 169 Å². The van der Waals surface area contributed by atoms with Crippen LogP contribution >= 0.6 is 11.6 Å². The van der Waals surface area contributed by atoms with E-state index in [-0.39, 0.29) is 11.4 Å². The summed E-state index contributed by atoms with van der Waals surface area (Å²) in [6.45, 7) is 0.283. The van der Waals surface area contributed by atoms with E-state index in [0.29, 0.717) is 17.9 Å². The van der Waals surface area contributed by atoms with Crippen LogP contribution in [0.5, 0.6) is 5.75 Å². The van der Waals surface area contributed by atoms with E-state index in [0.717, 1.165) is 11.3 Å². The molecule has 7 nitrogen and oxygen atoms in total. The summed E-state index contributed by atoms with van der Waals surface area (Å²) in [7, 11) is -2.21. The number of halogens is 1. The van der Waals surface area contributed by atoms with Crippen molar-refractivity contribution in [1.82, 2.24) is 9.73 Å². The van der Waals surface area contributed by atoms with Gasteiger partial charge in [-0.05, 0) is 66.9 Å². The van der Waals surface area contributed by atoms with Crippen LogP contribution in [-0.2, 0) is 14.8 Å². The van der Waals surface area contributed by atoms with Gasteiger partial charge in [0.15, 0.2) is 0 Å². The summed E-state index contributed by atoms with van der Waals surface area (Å²) in [5.74, 6) is 0.259. The summed E-state index contributed by atoms with van der Waals surface area (Å²) < 4.78 is 32.0. The molecular weight excluding hydrogens is 402 g/mol. The molecule has 1 N–H and O–H groups in total. The lowest BCUT2D eigenvalue weighted by molar-refractivity contribution is -0.124. The summed E-state index contributed by atoms with van der Waals surface area (Å²) in [6, 6.07) is 12.2. The van der Waals surface area contributed by atoms with Crippen LogP contribution in [0.2, 0.25) is 5.02 Å².